The van der Waals surface area contributed by atoms with E-state index in [9.17, 15) is 28.1 Å². The molecule has 0 bridgehead atoms. The summed E-state index contributed by atoms with van der Waals surface area (Å²) in [4.78, 5) is 27.5. The summed E-state index contributed by atoms with van der Waals surface area (Å²) in [5.74, 6) is -2.73. The number of esters is 1. The number of halogens is 3. The minimum absolute atomic E-state index is 0.0213. The van der Waals surface area contributed by atoms with E-state index in [4.69, 9.17) is 4.74 Å². The molecule has 0 spiro atoms. The average Bonchev–Trinajstić information content (AvgIpc) is 2.53. The normalized spacial score (nSPS) is 18.3. The number of nitro groups is 1. The van der Waals surface area contributed by atoms with Gasteiger partial charge in [-0.3, -0.25) is 10.1 Å². The van der Waals surface area contributed by atoms with Crippen molar-refractivity contribution < 1.29 is 27.6 Å². The van der Waals surface area contributed by atoms with Crippen LogP contribution in [-0.2, 0) is 4.74 Å². The fraction of sp³-hybridized carbons (Fsp3) is 0.571. The highest BCUT2D eigenvalue weighted by molar-refractivity contribution is 5.96. The van der Waals surface area contributed by atoms with Crippen LogP contribution in [0.1, 0.15) is 30.1 Å². The summed E-state index contributed by atoms with van der Waals surface area (Å²) in [5, 5.41) is 11.4. The first-order valence-electron chi connectivity index (χ1n) is 7.37. The predicted octanol–water partition coefficient (Wildman–Crippen LogP) is 2.95. The van der Waals surface area contributed by atoms with Gasteiger partial charge in [0.2, 0.25) is 5.82 Å². The number of pyridine rings is 1. The van der Waals surface area contributed by atoms with Gasteiger partial charge in [0.1, 0.15) is 5.56 Å². The van der Waals surface area contributed by atoms with E-state index in [1.165, 1.54) is 4.90 Å². The number of carbonyl (C=O) groups excluding carboxylic acids is 1. The second-order valence-electron chi connectivity index (χ2n) is 5.34. The van der Waals surface area contributed by atoms with Crippen LogP contribution in [0, 0.1) is 16.0 Å². The van der Waals surface area contributed by atoms with Crippen molar-refractivity contribution in [3.8, 4) is 0 Å². The van der Waals surface area contributed by atoms with Crippen molar-refractivity contribution in [2.45, 2.75) is 25.9 Å². The number of alkyl halides is 3. The monoisotopic (exact) mass is 347 g/mol. The maximum atomic E-state index is 12.9. The molecule has 1 aromatic heterocycles. The number of anilines is 1. The van der Waals surface area contributed by atoms with Crippen molar-refractivity contribution >= 4 is 17.5 Å². The van der Waals surface area contributed by atoms with Gasteiger partial charge in [0, 0.05) is 19.3 Å². The summed E-state index contributed by atoms with van der Waals surface area (Å²) < 4.78 is 43.6. The third-order valence-corrected chi connectivity index (χ3v) is 3.77. The number of nitrogens with zero attached hydrogens (tertiary/aromatic N) is 3. The Morgan fingerprint density at radius 3 is 2.83 bits per heavy atom. The van der Waals surface area contributed by atoms with E-state index in [2.05, 4.69) is 4.98 Å². The standard InChI is InChI=1S/C14H16F3N3O4/c1-2-24-13(21)10-5-6-18-12(11(10)20(22)23)19-7-3-4-9(8-19)14(15,16)17/h5-6,9H,2-4,7-8H2,1H3/t9-/m1/s1. The number of rotatable bonds is 4. The quantitative estimate of drug-likeness (QED) is 0.473. The molecule has 0 N–H and O–H groups in total. The van der Waals surface area contributed by atoms with Crippen molar-refractivity contribution in [2.24, 2.45) is 5.92 Å². The lowest BCUT2D eigenvalue weighted by molar-refractivity contribution is -0.384. The SMILES string of the molecule is CCOC(=O)c1ccnc(N2CCC[C@@H](C(F)(F)F)C2)c1[N+](=O)[O-]. The highest BCUT2D eigenvalue weighted by atomic mass is 19.4. The Kier molecular flexibility index (Phi) is 5.25. The number of carbonyl (C=O) groups is 1. The maximum Gasteiger partial charge on any atom is 0.393 e. The van der Waals surface area contributed by atoms with Gasteiger partial charge in [-0.15, -0.1) is 0 Å². The molecule has 1 fully saturated rings. The average molecular weight is 347 g/mol. The van der Waals surface area contributed by atoms with E-state index in [1.54, 1.807) is 6.92 Å². The van der Waals surface area contributed by atoms with Gasteiger partial charge < -0.3 is 9.64 Å². The van der Waals surface area contributed by atoms with E-state index in [0.29, 0.717) is 0 Å². The van der Waals surface area contributed by atoms with Crippen molar-refractivity contribution in [2.75, 3.05) is 24.6 Å². The van der Waals surface area contributed by atoms with Crippen LogP contribution in [0.2, 0.25) is 0 Å². The number of hydrogen-bond acceptors (Lipinski definition) is 6. The zero-order chi connectivity index (χ0) is 17.9. The topological polar surface area (TPSA) is 85.6 Å². The Balaban J connectivity index is 2.41. The molecule has 2 rings (SSSR count). The Morgan fingerprint density at radius 1 is 1.54 bits per heavy atom. The molecule has 2 heterocycles. The summed E-state index contributed by atoms with van der Waals surface area (Å²) in [6.45, 7) is 1.34. The van der Waals surface area contributed by atoms with Crippen molar-refractivity contribution in [3.63, 3.8) is 0 Å². The Labute approximate surface area is 135 Å². The van der Waals surface area contributed by atoms with E-state index in [1.807, 2.05) is 0 Å². The first-order chi connectivity index (χ1) is 11.3. The third kappa shape index (κ3) is 3.74. The minimum atomic E-state index is -4.38. The van der Waals surface area contributed by atoms with Gasteiger partial charge in [-0.1, -0.05) is 0 Å². The summed E-state index contributed by atoms with van der Waals surface area (Å²) in [7, 11) is 0. The van der Waals surface area contributed by atoms with Crippen LogP contribution in [-0.4, -0.2) is 41.7 Å². The van der Waals surface area contributed by atoms with Gasteiger partial charge in [-0.25, -0.2) is 9.78 Å². The van der Waals surface area contributed by atoms with E-state index in [0.717, 1.165) is 12.3 Å². The van der Waals surface area contributed by atoms with Crippen LogP contribution in [0.3, 0.4) is 0 Å². The molecule has 1 aromatic rings. The lowest BCUT2D eigenvalue weighted by atomic mass is 9.97. The second-order valence-corrected chi connectivity index (χ2v) is 5.34. The van der Waals surface area contributed by atoms with Gasteiger partial charge in [0.25, 0.3) is 0 Å². The molecule has 0 radical (unpaired) electrons. The van der Waals surface area contributed by atoms with Crippen molar-refractivity contribution in [1.29, 1.82) is 0 Å². The number of ether oxygens (including phenoxy) is 1. The van der Waals surface area contributed by atoms with Gasteiger partial charge in [-0.2, -0.15) is 13.2 Å². The predicted molar refractivity (Wildman–Crippen MR) is 77.8 cm³/mol. The number of piperidine rings is 1. The molecule has 7 nitrogen and oxygen atoms in total. The van der Waals surface area contributed by atoms with Crippen LogP contribution in [0.4, 0.5) is 24.7 Å². The van der Waals surface area contributed by atoms with E-state index >= 15 is 0 Å². The Hall–Kier alpha value is -2.39. The van der Waals surface area contributed by atoms with Gasteiger partial charge in [-0.05, 0) is 25.8 Å². The molecular formula is C14H16F3N3O4. The van der Waals surface area contributed by atoms with Crippen LogP contribution in [0.5, 0.6) is 0 Å². The Bertz CT molecular complexity index is 636. The van der Waals surface area contributed by atoms with Gasteiger partial charge in [0.15, 0.2) is 0 Å². The fourth-order valence-electron chi connectivity index (χ4n) is 2.66. The van der Waals surface area contributed by atoms with Crippen LogP contribution in [0.15, 0.2) is 12.3 Å². The molecule has 1 aliphatic heterocycles. The van der Waals surface area contributed by atoms with Crippen molar-refractivity contribution in [3.05, 3.63) is 27.9 Å². The molecule has 132 valence electrons. The highest BCUT2D eigenvalue weighted by Gasteiger charge is 2.43. The van der Waals surface area contributed by atoms with E-state index < -0.39 is 35.2 Å². The Morgan fingerprint density at radius 2 is 2.25 bits per heavy atom. The van der Waals surface area contributed by atoms with Gasteiger partial charge >= 0.3 is 17.8 Å². The number of hydrogen-bond donors (Lipinski definition) is 0. The van der Waals surface area contributed by atoms with Crippen LogP contribution >= 0.6 is 0 Å². The van der Waals surface area contributed by atoms with Crippen LogP contribution < -0.4 is 4.90 Å². The lowest BCUT2D eigenvalue weighted by Gasteiger charge is -2.34. The van der Waals surface area contributed by atoms with E-state index in [-0.39, 0.29) is 37.4 Å². The highest BCUT2D eigenvalue weighted by Crippen LogP contribution is 2.37. The molecule has 1 aliphatic rings. The molecule has 0 saturated carbocycles. The smallest absolute Gasteiger partial charge is 0.393 e. The number of aromatic nitrogens is 1. The maximum absolute atomic E-state index is 12.9. The fourth-order valence-corrected chi connectivity index (χ4v) is 2.66. The lowest BCUT2D eigenvalue weighted by Crippen LogP contribution is -2.42. The largest absolute Gasteiger partial charge is 0.462 e. The first kappa shape index (κ1) is 18.0. The molecule has 0 unspecified atom stereocenters. The van der Waals surface area contributed by atoms with Crippen molar-refractivity contribution in [1.82, 2.24) is 4.98 Å². The summed E-state index contributed by atoms with van der Waals surface area (Å²) in [6, 6.07) is 1.13. The molecule has 24 heavy (non-hydrogen) atoms. The summed E-state index contributed by atoms with van der Waals surface area (Å²) >= 11 is 0. The molecule has 1 saturated heterocycles. The summed E-state index contributed by atoms with van der Waals surface area (Å²) in [5.41, 5.74) is -0.945. The van der Waals surface area contributed by atoms with Gasteiger partial charge in [0.05, 0.1) is 17.4 Å². The molecule has 1 atom stereocenters. The molecule has 0 aliphatic carbocycles. The zero-order valence-corrected chi connectivity index (χ0v) is 12.9. The molecule has 0 amide bonds. The van der Waals surface area contributed by atoms with Crippen LogP contribution in [0.25, 0.3) is 0 Å². The third-order valence-electron chi connectivity index (χ3n) is 3.77. The molecular weight excluding hydrogens is 331 g/mol. The molecule has 0 aromatic carbocycles. The minimum Gasteiger partial charge on any atom is -0.462 e. The second kappa shape index (κ2) is 7.02. The summed E-state index contributed by atoms with van der Waals surface area (Å²) in [6.07, 6.45) is -3.03. The molecule has 10 heteroatoms. The zero-order valence-electron chi connectivity index (χ0n) is 12.9. The first-order valence-corrected chi connectivity index (χ1v) is 7.37.